The fourth-order valence-electron chi connectivity index (χ4n) is 1.41. The highest BCUT2D eigenvalue weighted by molar-refractivity contribution is 6.39. The van der Waals surface area contributed by atoms with Gasteiger partial charge in [-0.05, 0) is 37.0 Å². The monoisotopic (exact) mass is 282 g/mol. The van der Waals surface area contributed by atoms with Crippen LogP contribution in [0.25, 0.3) is 0 Å². The first-order chi connectivity index (χ1) is 8.90. The van der Waals surface area contributed by atoms with Crippen molar-refractivity contribution < 1.29 is 9.59 Å². The van der Waals surface area contributed by atoms with E-state index in [1.807, 2.05) is 6.92 Å². The van der Waals surface area contributed by atoms with Gasteiger partial charge in [0.25, 0.3) is 0 Å². The molecule has 2 N–H and O–H groups in total. The van der Waals surface area contributed by atoms with Crippen LogP contribution in [0.15, 0.2) is 18.2 Å². The van der Waals surface area contributed by atoms with Crippen LogP contribution in [0.5, 0.6) is 0 Å². The second-order valence-corrected chi connectivity index (χ2v) is 5.26. The molecule has 0 aliphatic heterocycles. The van der Waals surface area contributed by atoms with Gasteiger partial charge >= 0.3 is 11.8 Å². The Bertz CT molecular complexity index is 473. The lowest BCUT2D eigenvalue weighted by atomic mass is 10.1. The highest BCUT2D eigenvalue weighted by Crippen LogP contribution is 2.19. The van der Waals surface area contributed by atoms with E-state index < -0.39 is 11.8 Å². The highest BCUT2D eigenvalue weighted by atomic mass is 35.5. The first-order valence-corrected chi connectivity index (χ1v) is 6.63. The van der Waals surface area contributed by atoms with E-state index in [1.54, 1.807) is 18.2 Å². The molecule has 0 radical (unpaired) electrons. The van der Waals surface area contributed by atoms with Gasteiger partial charge in [-0.2, -0.15) is 0 Å². The molecule has 0 aliphatic carbocycles. The first kappa shape index (κ1) is 15.5. The maximum Gasteiger partial charge on any atom is 0.313 e. The van der Waals surface area contributed by atoms with E-state index in [1.165, 1.54) is 0 Å². The van der Waals surface area contributed by atoms with E-state index >= 15 is 0 Å². The third-order valence-corrected chi connectivity index (χ3v) is 3.05. The number of benzene rings is 1. The Labute approximate surface area is 118 Å². The van der Waals surface area contributed by atoms with Crippen molar-refractivity contribution in [3.8, 4) is 0 Å². The van der Waals surface area contributed by atoms with Crippen molar-refractivity contribution in [3.63, 3.8) is 0 Å². The van der Waals surface area contributed by atoms with Gasteiger partial charge in [0.2, 0.25) is 0 Å². The van der Waals surface area contributed by atoms with Gasteiger partial charge < -0.3 is 10.6 Å². The summed E-state index contributed by atoms with van der Waals surface area (Å²) in [4.78, 5) is 23.1. The molecule has 1 aromatic carbocycles. The molecule has 1 rings (SSSR count). The standard InChI is InChI=1S/C14H19ClN2O2/c1-9(2)6-7-16-13(18)14(19)17-11-5-4-10(3)12(15)8-11/h4-5,8-9H,6-7H2,1-3H3,(H,16,18)(H,17,19). The number of hydrogen-bond acceptors (Lipinski definition) is 2. The van der Waals surface area contributed by atoms with Crippen molar-refractivity contribution in [1.29, 1.82) is 0 Å². The van der Waals surface area contributed by atoms with Crippen molar-refractivity contribution in [2.45, 2.75) is 27.2 Å². The summed E-state index contributed by atoms with van der Waals surface area (Å²) in [6.07, 6.45) is 0.843. The molecular weight excluding hydrogens is 264 g/mol. The molecule has 19 heavy (non-hydrogen) atoms. The zero-order chi connectivity index (χ0) is 14.4. The predicted octanol–water partition coefficient (Wildman–Crippen LogP) is 2.75. The maximum absolute atomic E-state index is 11.6. The summed E-state index contributed by atoms with van der Waals surface area (Å²) in [5.74, 6) is -0.819. The zero-order valence-electron chi connectivity index (χ0n) is 11.4. The third kappa shape index (κ3) is 5.30. The van der Waals surface area contributed by atoms with Gasteiger partial charge in [0.05, 0.1) is 0 Å². The van der Waals surface area contributed by atoms with E-state index in [4.69, 9.17) is 11.6 Å². The normalized spacial score (nSPS) is 10.4. The molecule has 0 heterocycles. The van der Waals surface area contributed by atoms with Crippen LogP contribution >= 0.6 is 11.6 Å². The predicted molar refractivity (Wildman–Crippen MR) is 77.3 cm³/mol. The van der Waals surface area contributed by atoms with E-state index in [-0.39, 0.29) is 0 Å². The number of carbonyl (C=O) groups is 2. The van der Waals surface area contributed by atoms with Crippen molar-refractivity contribution >= 4 is 29.1 Å². The summed E-state index contributed by atoms with van der Waals surface area (Å²) in [7, 11) is 0. The van der Waals surface area contributed by atoms with Crippen LogP contribution in [0.1, 0.15) is 25.8 Å². The summed E-state index contributed by atoms with van der Waals surface area (Å²) in [5.41, 5.74) is 1.43. The van der Waals surface area contributed by atoms with Gasteiger partial charge in [-0.3, -0.25) is 9.59 Å². The molecule has 0 fully saturated rings. The molecule has 4 nitrogen and oxygen atoms in total. The molecule has 0 spiro atoms. The fourth-order valence-corrected chi connectivity index (χ4v) is 1.59. The zero-order valence-corrected chi connectivity index (χ0v) is 12.2. The molecule has 0 saturated heterocycles. The van der Waals surface area contributed by atoms with E-state index in [0.717, 1.165) is 12.0 Å². The van der Waals surface area contributed by atoms with Crippen LogP contribution in [0.4, 0.5) is 5.69 Å². The van der Waals surface area contributed by atoms with Gasteiger partial charge in [-0.25, -0.2) is 0 Å². The molecule has 0 saturated carbocycles. The number of anilines is 1. The summed E-state index contributed by atoms with van der Waals surface area (Å²) in [6, 6.07) is 5.12. The molecule has 2 amide bonds. The van der Waals surface area contributed by atoms with Crippen molar-refractivity contribution in [3.05, 3.63) is 28.8 Å². The second kappa shape index (κ2) is 7.14. The van der Waals surface area contributed by atoms with Crippen LogP contribution in [0, 0.1) is 12.8 Å². The second-order valence-electron chi connectivity index (χ2n) is 4.86. The average molecular weight is 283 g/mol. The van der Waals surface area contributed by atoms with Gasteiger partial charge in [-0.15, -0.1) is 0 Å². The number of amides is 2. The van der Waals surface area contributed by atoms with Crippen LogP contribution < -0.4 is 10.6 Å². The minimum absolute atomic E-state index is 0.485. The highest BCUT2D eigenvalue weighted by Gasteiger charge is 2.13. The summed E-state index contributed by atoms with van der Waals surface area (Å²) >= 11 is 5.94. The van der Waals surface area contributed by atoms with Gasteiger partial charge in [-0.1, -0.05) is 31.5 Å². The number of hydrogen-bond donors (Lipinski definition) is 2. The SMILES string of the molecule is Cc1ccc(NC(=O)C(=O)NCCC(C)C)cc1Cl. The lowest BCUT2D eigenvalue weighted by Gasteiger charge is -2.08. The van der Waals surface area contributed by atoms with Crippen LogP contribution in [0.3, 0.4) is 0 Å². The molecule has 0 aliphatic rings. The lowest BCUT2D eigenvalue weighted by Crippen LogP contribution is -2.36. The van der Waals surface area contributed by atoms with Crippen molar-refractivity contribution in [2.75, 3.05) is 11.9 Å². The molecule has 0 atom stereocenters. The summed E-state index contributed by atoms with van der Waals surface area (Å²) < 4.78 is 0. The van der Waals surface area contributed by atoms with E-state index in [0.29, 0.717) is 23.2 Å². The first-order valence-electron chi connectivity index (χ1n) is 6.25. The largest absolute Gasteiger partial charge is 0.348 e. The fraction of sp³-hybridized carbons (Fsp3) is 0.429. The third-order valence-electron chi connectivity index (χ3n) is 2.64. The Balaban J connectivity index is 2.49. The number of halogens is 1. The summed E-state index contributed by atoms with van der Waals surface area (Å²) in [6.45, 7) is 6.48. The maximum atomic E-state index is 11.6. The Hall–Kier alpha value is -1.55. The van der Waals surface area contributed by atoms with E-state index in [2.05, 4.69) is 24.5 Å². The summed E-state index contributed by atoms with van der Waals surface area (Å²) in [5, 5.41) is 5.64. The average Bonchev–Trinajstić information content (AvgIpc) is 2.33. The number of rotatable bonds is 4. The smallest absolute Gasteiger partial charge is 0.313 e. The lowest BCUT2D eigenvalue weighted by molar-refractivity contribution is -0.136. The van der Waals surface area contributed by atoms with Crippen LogP contribution in [-0.2, 0) is 9.59 Å². The molecule has 0 bridgehead atoms. The molecular formula is C14H19ClN2O2. The Morgan fingerprint density at radius 1 is 1.26 bits per heavy atom. The minimum atomic E-state index is -0.677. The Kier molecular flexibility index (Phi) is 5.83. The van der Waals surface area contributed by atoms with Gasteiger partial charge in [0.1, 0.15) is 0 Å². The van der Waals surface area contributed by atoms with Gasteiger partial charge in [0, 0.05) is 17.3 Å². The molecule has 5 heteroatoms. The van der Waals surface area contributed by atoms with Crippen molar-refractivity contribution in [2.24, 2.45) is 5.92 Å². The van der Waals surface area contributed by atoms with E-state index in [9.17, 15) is 9.59 Å². The topological polar surface area (TPSA) is 58.2 Å². The van der Waals surface area contributed by atoms with Gasteiger partial charge in [0.15, 0.2) is 0 Å². The van der Waals surface area contributed by atoms with Crippen LogP contribution in [-0.4, -0.2) is 18.4 Å². The minimum Gasteiger partial charge on any atom is -0.348 e. The number of nitrogens with one attached hydrogen (secondary N) is 2. The van der Waals surface area contributed by atoms with Crippen molar-refractivity contribution in [1.82, 2.24) is 5.32 Å². The Morgan fingerprint density at radius 3 is 2.53 bits per heavy atom. The van der Waals surface area contributed by atoms with Crippen LogP contribution in [0.2, 0.25) is 5.02 Å². The molecule has 104 valence electrons. The molecule has 1 aromatic rings. The Morgan fingerprint density at radius 2 is 1.95 bits per heavy atom. The quantitative estimate of drug-likeness (QED) is 0.834. The molecule has 0 unspecified atom stereocenters. The number of aryl methyl sites for hydroxylation is 1. The molecule has 0 aromatic heterocycles. The number of carbonyl (C=O) groups excluding carboxylic acids is 2.